The molecule has 0 saturated carbocycles. The highest BCUT2D eigenvalue weighted by molar-refractivity contribution is 5.92. The third-order valence-corrected chi connectivity index (χ3v) is 6.54. The first-order chi connectivity index (χ1) is 17.0. The van der Waals surface area contributed by atoms with Crippen LogP contribution in [0.4, 0.5) is 0 Å². The van der Waals surface area contributed by atoms with Crippen molar-refractivity contribution in [3.8, 4) is 5.75 Å². The number of carbonyl (C=O) groups excluding carboxylic acids is 2. The van der Waals surface area contributed by atoms with Crippen LogP contribution in [0.25, 0.3) is 0 Å². The van der Waals surface area contributed by atoms with Gasteiger partial charge in [-0.1, -0.05) is 12.1 Å². The molecule has 10 nitrogen and oxygen atoms in total. The van der Waals surface area contributed by atoms with E-state index < -0.39 is 0 Å². The number of rotatable bonds is 9. The Hall–Kier alpha value is -2.95. The second-order valence-electron chi connectivity index (χ2n) is 8.94. The van der Waals surface area contributed by atoms with Crippen LogP contribution in [-0.2, 0) is 22.6 Å². The molecule has 2 amide bonds. The number of hydrogen-bond acceptors (Lipinski definition) is 8. The van der Waals surface area contributed by atoms with Gasteiger partial charge in [-0.05, 0) is 17.7 Å². The fourth-order valence-corrected chi connectivity index (χ4v) is 4.37. The number of methoxy groups -OCH3 is 1. The Balaban J connectivity index is 1.38. The number of oxazole rings is 1. The van der Waals surface area contributed by atoms with Crippen molar-refractivity contribution in [3.63, 3.8) is 0 Å². The summed E-state index contributed by atoms with van der Waals surface area (Å²) in [5.41, 5.74) is 1.48. The molecule has 3 heterocycles. The molecule has 190 valence electrons. The Kier molecular flexibility index (Phi) is 8.73. The van der Waals surface area contributed by atoms with Crippen LogP contribution >= 0.6 is 0 Å². The topological polar surface area (TPSA) is 91.6 Å². The van der Waals surface area contributed by atoms with E-state index in [0.717, 1.165) is 51.7 Å². The minimum atomic E-state index is -0.154. The molecule has 0 N–H and O–H groups in total. The van der Waals surface area contributed by atoms with Crippen molar-refractivity contribution in [2.75, 3.05) is 72.7 Å². The summed E-state index contributed by atoms with van der Waals surface area (Å²) < 4.78 is 16.5. The molecular weight excluding hydrogens is 450 g/mol. The molecule has 4 rings (SSSR count). The van der Waals surface area contributed by atoms with Gasteiger partial charge in [0, 0.05) is 65.8 Å². The number of ether oxygens (including phenoxy) is 2. The summed E-state index contributed by atoms with van der Waals surface area (Å²) >= 11 is 0. The third-order valence-electron chi connectivity index (χ3n) is 6.54. The maximum absolute atomic E-state index is 12.9. The van der Waals surface area contributed by atoms with Crippen molar-refractivity contribution >= 4 is 11.8 Å². The molecule has 0 unspecified atom stereocenters. The van der Waals surface area contributed by atoms with Gasteiger partial charge < -0.3 is 23.7 Å². The Bertz CT molecular complexity index is 965. The monoisotopic (exact) mass is 485 g/mol. The number of nitrogens with zero attached hydrogens (tertiary/aromatic N) is 5. The van der Waals surface area contributed by atoms with Crippen molar-refractivity contribution < 1.29 is 23.5 Å². The summed E-state index contributed by atoms with van der Waals surface area (Å²) in [6, 6.07) is 8.05. The molecule has 0 radical (unpaired) electrons. The summed E-state index contributed by atoms with van der Waals surface area (Å²) in [5.74, 6) is 1.23. The molecule has 1 aromatic carbocycles. The van der Waals surface area contributed by atoms with Gasteiger partial charge in [0.2, 0.25) is 11.8 Å². The zero-order valence-corrected chi connectivity index (χ0v) is 20.6. The number of benzene rings is 1. The largest absolute Gasteiger partial charge is 0.497 e. The molecule has 2 aromatic rings. The van der Waals surface area contributed by atoms with E-state index in [0.29, 0.717) is 44.3 Å². The molecule has 2 saturated heterocycles. The number of hydrogen-bond donors (Lipinski definition) is 0. The minimum absolute atomic E-state index is 0.0369. The lowest BCUT2D eigenvalue weighted by Gasteiger charge is -2.33. The summed E-state index contributed by atoms with van der Waals surface area (Å²) in [5, 5.41) is 0. The van der Waals surface area contributed by atoms with Crippen LogP contribution in [-0.4, -0.2) is 109 Å². The van der Waals surface area contributed by atoms with E-state index in [1.165, 1.54) is 11.8 Å². The van der Waals surface area contributed by atoms with Crippen molar-refractivity contribution in [2.45, 2.75) is 20.0 Å². The maximum atomic E-state index is 12.9. The number of carbonyl (C=O) groups is 2. The van der Waals surface area contributed by atoms with Gasteiger partial charge in [-0.15, -0.1) is 0 Å². The molecule has 0 bridgehead atoms. The predicted molar refractivity (Wildman–Crippen MR) is 129 cm³/mol. The maximum Gasteiger partial charge on any atom is 0.275 e. The first-order valence-corrected chi connectivity index (χ1v) is 12.2. The van der Waals surface area contributed by atoms with E-state index in [1.807, 2.05) is 12.1 Å². The highest BCUT2D eigenvalue weighted by Gasteiger charge is 2.25. The number of amides is 2. The average molecular weight is 486 g/mol. The van der Waals surface area contributed by atoms with Gasteiger partial charge in [-0.3, -0.25) is 19.4 Å². The molecule has 35 heavy (non-hydrogen) atoms. The molecule has 0 aliphatic carbocycles. The summed E-state index contributed by atoms with van der Waals surface area (Å²) in [4.78, 5) is 37.1. The van der Waals surface area contributed by atoms with Gasteiger partial charge in [0.15, 0.2) is 5.69 Å². The normalized spacial score (nSPS) is 17.1. The Morgan fingerprint density at radius 3 is 2.34 bits per heavy atom. The van der Waals surface area contributed by atoms with Crippen molar-refractivity contribution in [1.29, 1.82) is 0 Å². The van der Waals surface area contributed by atoms with Crippen molar-refractivity contribution in [1.82, 2.24) is 24.6 Å². The minimum Gasteiger partial charge on any atom is -0.497 e. The molecule has 2 fully saturated rings. The average Bonchev–Trinajstić information content (AvgIpc) is 3.36. The Labute approximate surface area is 206 Å². The second-order valence-corrected chi connectivity index (χ2v) is 8.94. The van der Waals surface area contributed by atoms with Crippen LogP contribution in [0.1, 0.15) is 28.9 Å². The van der Waals surface area contributed by atoms with Gasteiger partial charge in [0.25, 0.3) is 5.91 Å². The van der Waals surface area contributed by atoms with Crippen LogP contribution in [0.3, 0.4) is 0 Å². The van der Waals surface area contributed by atoms with E-state index in [1.54, 1.807) is 23.8 Å². The molecule has 0 atom stereocenters. The van der Waals surface area contributed by atoms with Crippen LogP contribution in [0.2, 0.25) is 0 Å². The number of aromatic nitrogens is 1. The predicted octanol–water partition coefficient (Wildman–Crippen LogP) is 1.32. The van der Waals surface area contributed by atoms with Gasteiger partial charge >= 0.3 is 0 Å². The van der Waals surface area contributed by atoms with E-state index in [2.05, 4.69) is 26.9 Å². The first kappa shape index (κ1) is 25.2. The lowest BCUT2D eigenvalue weighted by Crippen LogP contribution is -2.50. The van der Waals surface area contributed by atoms with Gasteiger partial charge in [-0.2, -0.15) is 0 Å². The molecular formula is C25H35N5O5. The van der Waals surface area contributed by atoms with Gasteiger partial charge in [0.05, 0.1) is 26.9 Å². The van der Waals surface area contributed by atoms with Gasteiger partial charge in [0.1, 0.15) is 12.0 Å². The number of morpholine rings is 1. The van der Waals surface area contributed by atoms with Crippen molar-refractivity contribution in [3.05, 3.63) is 47.7 Å². The van der Waals surface area contributed by atoms with Crippen molar-refractivity contribution in [2.24, 2.45) is 0 Å². The zero-order chi connectivity index (χ0) is 24.6. The van der Waals surface area contributed by atoms with Crippen LogP contribution < -0.4 is 4.74 Å². The molecule has 2 aliphatic heterocycles. The highest BCUT2D eigenvalue weighted by atomic mass is 16.5. The Morgan fingerprint density at radius 1 is 1.00 bits per heavy atom. The van der Waals surface area contributed by atoms with E-state index >= 15 is 0 Å². The summed E-state index contributed by atoms with van der Waals surface area (Å²) in [7, 11) is 1.66. The number of piperazine rings is 1. The van der Waals surface area contributed by atoms with Gasteiger partial charge in [-0.25, -0.2) is 4.98 Å². The van der Waals surface area contributed by atoms with E-state index in [4.69, 9.17) is 13.9 Å². The van der Waals surface area contributed by atoms with Crippen LogP contribution in [0.15, 0.2) is 34.9 Å². The Morgan fingerprint density at radius 2 is 1.69 bits per heavy atom. The quantitative estimate of drug-likeness (QED) is 0.525. The fraction of sp³-hybridized carbons (Fsp3) is 0.560. The molecule has 0 spiro atoms. The summed E-state index contributed by atoms with van der Waals surface area (Å²) in [6.45, 7) is 10.0. The highest BCUT2D eigenvalue weighted by Crippen LogP contribution is 2.16. The van der Waals surface area contributed by atoms with Crippen LogP contribution in [0, 0.1) is 0 Å². The lowest BCUT2D eigenvalue weighted by molar-refractivity contribution is -0.130. The molecule has 1 aromatic heterocycles. The molecule has 10 heteroatoms. The fourth-order valence-electron chi connectivity index (χ4n) is 4.37. The molecule has 2 aliphatic rings. The second kappa shape index (κ2) is 12.1. The van der Waals surface area contributed by atoms with E-state index in [-0.39, 0.29) is 11.8 Å². The SMILES string of the molecule is COc1ccc(CN(CCN2CCOCC2)Cc2nc(C(=O)N3CCN(C(C)=O)CC3)co2)cc1. The van der Waals surface area contributed by atoms with E-state index in [9.17, 15) is 9.59 Å². The smallest absolute Gasteiger partial charge is 0.275 e. The summed E-state index contributed by atoms with van der Waals surface area (Å²) in [6.07, 6.45) is 1.45. The third kappa shape index (κ3) is 7.03. The zero-order valence-electron chi connectivity index (χ0n) is 20.6. The standard InChI is InChI=1S/C25H35N5O5/c1-20(31)29-9-11-30(12-10-29)25(32)23-19-35-24(26-23)18-28(8-7-27-13-15-34-16-14-27)17-21-3-5-22(33-2)6-4-21/h3-6,19H,7-18H2,1-2H3. The first-order valence-electron chi connectivity index (χ1n) is 12.2. The lowest BCUT2D eigenvalue weighted by atomic mass is 10.2. The van der Waals surface area contributed by atoms with Crippen LogP contribution in [0.5, 0.6) is 5.75 Å².